The zero-order chi connectivity index (χ0) is 9.19. The fourth-order valence-electron chi connectivity index (χ4n) is 1.51. The molecule has 1 aliphatic rings. The van der Waals surface area contributed by atoms with E-state index in [2.05, 4.69) is 0 Å². The van der Waals surface area contributed by atoms with Gasteiger partial charge in [-0.1, -0.05) is 0 Å². The zero-order valence-electron chi connectivity index (χ0n) is 7.23. The maximum absolute atomic E-state index is 11.5. The maximum Gasteiger partial charge on any atom is 0.216 e. The molecule has 1 saturated heterocycles. The minimum Gasteiger partial charge on any atom is -0.396 e. The number of rotatable bonds is 2. The van der Waals surface area contributed by atoms with Crippen LogP contribution in [0.5, 0.6) is 0 Å². The first kappa shape index (κ1) is 9.95. The number of aliphatic hydroxyl groups excluding tert-OH is 1. The van der Waals surface area contributed by atoms with Crippen LogP contribution in [0.4, 0.5) is 0 Å². The van der Waals surface area contributed by atoms with Crippen molar-refractivity contribution < 1.29 is 13.5 Å². The van der Waals surface area contributed by atoms with Crippen LogP contribution in [-0.4, -0.2) is 43.3 Å². The van der Waals surface area contributed by atoms with Crippen LogP contribution >= 0.6 is 0 Å². The minimum absolute atomic E-state index is 0.0439. The summed E-state index contributed by atoms with van der Waals surface area (Å²) in [6.45, 7) is 0.571. The van der Waals surface area contributed by atoms with Crippen molar-refractivity contribution in [3.63, 3.8) is 0 Å². The number of hydrogen-bond donors (Lipinski definition) is 1. The third kappa shape index (κ3) is 1.78. The highest BCUT2D eigenvalue weighted by molar-refractivity contribution is 7.89. The Hall–Kier alpha value is -0.130. The van der Waals surface area contributed by atoms with E-state index in [1.165, 1.54) is 4.31 Å². The molecule has 1 fully saturated rings. The fraction of sp³-hybridized carbons (Fsp3) is 1.00. The molecule has 5 heteroatoms. The minimum atomic E-state index is -3.09. The van der Waals surface area contributed by atoms with Gasteiger partial charge in [-0.05, 0) is 19.3 Å². The van der Waals surface area contributed by atoms with E-state index in [0.717, 1.165) is 6.42 Å². The van der Waals surface area contributed by atoms with Crippen molar-refractivity contribution in [2.24, 2.45) is 0 Å². The molecule has 0 aromatic carbocycles. The quantitative estimate of drug-likeness (QED) is 0.660. The molecule has 0 aromatic rings. The van der Waals surface area contributed by atoms with Crippen molar-refractivity contribution in [2.45, 2.75) is 24.5 Å². The van der Waals surface area contributed by atoms with Crippen molar-refractivity contribution in [1.29, 1.82) is 0 Å². The third-order valence-corrected chi connectivity index (χ3v) is 4.67. The summed E-state index contributed by atoms with van der Waals surface area (Å²) in [5.41, 5.74) is 0. The van der Waals surface area contributed by atoms with E-state index >= 15 is 0 Å². The second-order valence-corrected chi connectivity index (χ2v) is 5.46. The Morgan fingerprint density at radius 2 is 2.25 bits per heavy atom. The van der Waals surface area contributed by atoms with Gasteiger partial charge in [0.25, 0.3) is 0 Å². The van der Waals surface area contributed by atoms with Gasteiger partial charge in [-0.25, -0.2) is 12.7 Å². The first-order valence-corrected chi connectivity index (χ1v) is 5.65. The lowest BCUT2D eigenvalue weighted by atomic mass is 10.2. The van der Waals surface area contributed by atoms with Crippen molar-refractivity contribution >= 4 is 10.0 Å². The van der Waals surface area contributed by atoms with Crippen LogP contribution in [0, 0.1) is 0 Å². The Balaban J connectivity index is 2.73. The third-order valence-electron chi connectivity index (χ3n) is 2.31. The van der Waals surface area contributed by atoms with Gasteiger partial charge in [0.15, 0.2) is 0 Å². The summed E-state index contributed by atoms with van der Waals surface area (Å²) in [6, 6.07) is 0. The van der Waals surface area contributed by atoms with E-state index in [1.807, 2.05) is 0 Å². The summed E-state index contributed by atoms with van der Waals surface area (Å²) in [6.07, 6.45) is 1.96. The molecule has 0 spiro atoms. The van der Waals surface area contributed by atoms with Crippen LogP contribution in [-0.2, 0) is 10.0 Å². The lowest BCUT2D eigenvalue weighted by Gasteiger charge is -2.29. The molecule has 1 atom stereocenters. The Morgan fingerprint density at radius 3 is 2.83 bits per heavy atom. The topological polar surface area (TPSA) is 57.6 Å². The normalized spacial score (nSPS) is 30.3. The highest BCUT2D eigenvalue weighted by Gasteiger charge is 2.32. The van der Waals surface area contributed by atoms with Crippen LogP contribution in [0.15, 0.2) is 0 Å². The van der Waals surface area contributed by atoms with Gasteiger partial charge in [-0.2, -0.15) is 0 Å². The Bertz CT molecular complexity index is 235. The molecule has 1 heterocycles. The highest BCUT2D eigenvalue weighted by atomic mass is 32.2. The number of aliphatic hydroxyl groups is 1. The maximum atomic E-state index is 11.5. The van der Waals surface area contributed by atoms with E-state index in [0.29, 0.717) is 19.4 Å². The average Bonchev–Trinajstić information content (AvgIpc) is 2.00. The van der Waals surface area contributed by atoms with Gasteiger partial charge in [-0.15, -0.1) is 0 Å². The molecule has 72 valence electrons. The number of nitrogens with zero attached hydrogens (tertiary/aromatic N) is 1. The largest absolute Gasteiger partial charge is 0.396 e. The smallest absolute Gasteiger partial charge is 0.216 e. The lowest BCUT2D eigenvalue weighted by molar-refractivity contribution is 0.275. The zero-order valence-corrected chi connectivity index (χ0v) is 8.05. The number of hydrogen-bond acceptors (Lipinski definition) is 3. The van der Waals surface area contributed by atoms with Gasteiger partial charge in [0, 0.05) is 20.2 Å². The van der Waals surface area contributed by atoms with Crippen LogP contribution in [0.25, 0.3) is 0 Å². The molecule has 0 aliphatic carbocycles. The van der Waals surface area contributed by atoms with Crippen LogP contribution in [0.3, 0.4) is 0 Å². The standard InChI is InChI=1S/C7H15NO3S/c1-8-5-2-3-7(4-6-9)12(8,10)11/h7,9H,2-6H2,1H3. The van der Waals surface area contributed by atoms with Gasteiger partial charge in [0.05, 0.1) is 5.25 Å². The van der Waals surface area contributed by atoms with Gasteiger partial charge >= 0.3 is 0 Å². The Kier molecular flexibility index (Phi) is 3.09. The molecule has 0 aromatic heterocycles. The van der Waals surface area contributed by atoms with Crippen molar-refractivity contribution in [3.8, 4) is 0 Å². The van der Waals surface area contributed by atoms with E-state index < -0.39 is 10.0 Å². The van der Waals surface area contributed by atoms with Crippen molar-refractivity contribution in [2.75, 3.05) is 20.2 Å². The summed E-state index contributed by atoms with van der Waals surface area (Å²) in [5.74, 6) is 0. The number of sulfonamides is 1. The monoisotopic (exact) mass is 193 g/mol. The first-order valence-electron chi connectivity index (χ1n) is 4.15. The molecule has 4 nitrogen and oxygen atoms in total. The first-order chi connectivity index (χ1) is 5.59. The van der Waals surface area contributed by atoms with Crippen LogP contribution < -0.4 is 0 Å². The highest BCUT2D eigenvalue weighted by Crippen LogP contribution is 2.21. The van der Waals surface area contributed by atoms with Gasteiger partial charge < -0.3 is 5.11 Å². The summed E-state index contributed by atoms with van der Waals surface area (Å²) in [5, 5.41) is 8.29. The Labute approximate surface area is 73.2 Å². The molecule has 0 radical (unpaired) electrons. The fourth-order valence-corrected chi connectivity index (χ4v) is 3.27. The second-order valence-electron chi connectivity index (χ2n) is 3.14. The van der Waals surface area contributed by atoms with Gasteiger partial charge in [0.1, 0.15) is 0 Å². The molecule has 12 heavy (non-hydrogen) atoms. The molecule has 1 aliphatic heterocycles. The lowest BCUT2D eigenvalue weighted by Crippen LogP contribution is -2.41. The van der Waals surface area contributed by atoms with Crippen molar-refractivity contribution in [3.05, 3.63) is 0 Å². The van der Waals surface area contributed by atoms with Crippen molar-refractivity contribution in [1.82, 2.24) is 4.31 Å². The SMILES string of the molecule is CN1CCCC(CCO)S1(=O)=O. The summed E-state index contributed by atoms with van der Waals surface area (Å²) >= 11 is 0. The summed E-state index contributed by atoms with van der Waals surface area (Å²) in [4.78, 5) is 0. The van der Waals surface area contributed by atoms with E-state index in [4.69, 9.17) is 5.11 Å². The molecule has 0 saturated carbocycles. The predicted molar refractivity (Wildman–Crippen MR) is 46.3 cm³/mol. The van der Waals surface area contributed by atoms with Gasteiger partial charge in [-0.3, -0.25) is 0 Å². The second kappa shape index (κ2) is 3.72. The predicted octanol–water partition coefficient (Wildman–Crippen LogP) is -0.207. The molecular weight excluding hydrogens is 178 g/mol. The Morgan fingerprint density at radius 1 is 1.58 bits per heavy atom. The molecule has 1 N–H and O–H groups in total. The molecule has 0 amide bonds. The van der Waals surface area contributed by atoms with E-state index in [1.54, 1.807) is 7.05 Å². The summed E-state index contributed by atoms with van der Waals surface area (Å²) in [7, 11) is -1.49. The van der Waals surface area contributed by atoms with Crippen LogP contribution in [0.2, 0.25) is 0 Å². The summed E-state index contributed by atoms with van der Waals surface area (Å²) < 4.78 is 24.4. The molecule has 1 rings (SSSR count). The molecule has 0 bridgehead atoms. The van der Waals surface area contributed by atoms with E-state index in [9.17, 15) is 8.42 Å². The average molecular weight is 193 g/mol. The van der Waals surface area contributed by atoms with Crippen LogP contribution in [0.1, 0.15) is 19.3 Å². The van der Waals surface area contributed by atoms with Gasteiger partial charge in [0.2, 0.25) is 10.0 Å². The molecule has 1 unspecified atom stereocenters. The van der Waals surface area contributed by atoms with E-state index in [-0.39, 0.29) is 11.9 Å². The molecular formula is C7H15NO3S.